The van der Waals surface area contributed by atoms with E-state index in [1.54, 1.807) is 19.1 Å². The molecule has 1 aliphatic carbocycles. The number of amides is 1. The molecule has 1 N–H and O–H groups in total. The minimum atomic E-state index is -0.325. The molecule has 22 heavy (non-hydrogen) atoms. The number of carbonyl (C=O) groups is 1. The highest BCUT2D eigenvalue weighted by Crippen LogP contribution is 2.48. The van der Waals surface area contributed by atoms with Crippen molar-refractivity contribution in [1.29, 1.82) is 0 Å². The van der Waals surface area contributed by atoms with E-state index < -0.39 is 0 Å². The van der Waals surface area contributed by atoms with Crippen LogP contribution in [0.25, 0.3) is 0 Å². The summed E-state index contributed by atoms with van der Waals surface area (Å²) in [5.74, 6) is 0.310. The third-order valence-electron chi connectivity index (χ3n) is 4.61. The van der Waals surface area contributed by atoms with Gasteiger partial charge in [-0.3, -0.25) is 9.69 Å². The van der Waals surface area contributed by atoms with Crippen LogP contribution in [0.5, 0.6) is 0 Å². The Bertz CT molecular complexity index is 524. The molecule has 5 heteroatoms. The molecule has 2 aliphatic rings. The van der Waals surface area contributed by atoms with Crippen LogP contribution in [0.3, 0.4) is 0 Å². The predicted molar refractivity (Wildman–Crippen MR) is 81.9 cm³/mol. The van der Waals surface area contributed by atoms with Crippen molar-refractivity contribution in [3.8, 4) is 0 Å². The predicted octanol–water partition coefficient (Wildman–Crippen LogP) is 1.45. The van der Waals surface area contributed by atoms with Gasteiger partial charge in [0.2, 0.25) is 5.91 Å². The number of rotatable bonds is 4. The Balaban J connectivity index is 1.51. The summed E-state index contributed by atoms with van der Waals surface area (Å²) in [6.45, 7) is 5.57. The number of β-amino-alcohol motifs (C(OH)–C–C–N with tert-alkyl or cyclic N) is 1. The van der Waals surface area contributed by atoms with Crippen molar-refractivity contribution in [2.24, 2.45) is 5.92 Å². The maximum absolute atomic E-state index is 12.9. The number of aliphatic hydroxyl groups excluding tert-OH is 1. The lowest BCUT2D eigenvalue weighted by atomic mass is 10.1. The van der Waals surface area contributed by atoms with Crippen LogP contribution in [-0.2, 0) is 4.79 Å². The molecule has 3 rings (SSSR count). The van der Waals surface area contributed by atoms with E-state index in [4.69, 9.17) is 0 Å². The second kappa shape index (κ2) is 6.34. The molecule has 120 valence electrons. The number of hydrogen-bond acceptors (Lipinski definition) is 3. The van der Waals surface area contributed by atoms with Crippen LogP contribution >= 0.6 is 0 Å². The summed E-state index contributed by atoms with van der Waals surface area (Å²) in [5.41, 5.74) is 1.06. The van der Waals surface area contributed by atoms with Crippen molar-refractivity contribution in [1.82, 2.24) is 9.80 Å². The van der Waals surface area contributed by atoms with Crippen LogP contribution in [0.15, 0.2) is 24.3 Å². The molecule has 0 radical (unpaired) electrons. The third kappa shape index (κ3) is 3.47. The average Bonchev–Trinajstić information content (AvgIpc) is 3.28. The van der Waals surface area contributed by atoms with Gasteiger partial charge in [-0.25, -0.2) is 4.39 Å². The molecule has 0 unspecified atom stereocenters. The first-order valence-corrected chi connectivity index (χ1v) is 7.99. The number of piperazine rings is 1. The first kappa shape index (κ1) is 15.4. The Hall–Kier alpha value is -1.46. The minimum absolute atomic E-state index is 0.0637. The van der Waals surface area contributed by atoms with Gasteiger partial charge < -0.3 is 10.0 Å². The maximum Gasteiger partial charge on any atom is 0.226 e. The number of carbonyl (C=O) groups excluding carboxylic acids is 1. The second-order valence-corrected chi connectivity index (χ2v) is 6.48. The summed E-state index contributed by atoms with van der Waals surface area (Å²) in [6.07, 6.45) is 0.548. The SMILES string of the molecule is C[C@H](O)CN1CCN(C(=O)[C@@H]2C[C@@H]2c2ccc(F)cc2)CC1. The van der Waals surface area contributed by atoms with Gasteiger partial charge in [0.05, 0.1) is 6.10 Å². The average molecular weight is 306 g/mol. The lowest BCUT2D eigenvalue weighted by molar-refractivity contribution is -0.134. The van der Waals surface area contributed by atoms with E-state index in [9.17, 15) is 14.3 Å². The van der Waals surface area contributed by atoms with Gasteiger partial charge in [0, 0.05) is 38.6 Å². The highest BCUT2D eigenvalue weighted by molar-refractivity contribution is 5.83. The van der Waals surface area contributed by atoms with Gasteiger partial charge in [-0.2, -0.15) is 0 Å². The number of aliphatic hydroxyl groups is 1. The fraction of sp³-hybridized carbons (Fsp3) is 0.588. The van der Waals surface area contributed by atoms with Gasteiger partial charge in [0.1, 0.15) is 5.82 Å². The Morgan fingerprint density at radius 2 is 1.91 bits per heavy atom. The highest BCUT2D eigenvalue weighted by atomic mass is 19.1. The van der Waals surface area contributed by atoms with Crippen molar-refractivity contribution in [2.75, 3.05) is 32.7 Å². The van der Waals surface area contributed by atoms with Crippen LogP contribution in [-0.4, -0.2) is 59.6 Å². The van der Waals surface area contributed by atoms with Crippen molar-refractivity contribution in [3.63, 3.8) is 0 Å². The van der Waals surface area contributed by atoms with Crippen molar-refractivity contribution >= 4 is 5.91 Å². The lowest BCUT2D eigenvalue weighted by Crippen LogP contribution is -2.50. The Labute approximate surface area is 130 Å². The lowest BCUT2D eigenvalue weighted by Gasteiger charge is -2.35. The number of halogens is 1. The van der Waals surface area contributed by atoms with Gasteiger partial charge in [-0.1, -0.05) is 12.1 Å². The molecular weight excluding hydrogens is 283 g/mol. The monoisotopic (exact) mass is 306 g/mol. The number of nitrogens with zero attached hydrogens (tertiary/aromatic N) is 2. The van der Waals surface area contributed by atoms with Gasteiger partial charge in [-0.05, 0) is 37.0 Å². The van der Waals surface area contributed by atoms with Gasteiger partial charge in [-0.15, -0.1) is 0 Å². The quantitative estimate of drug-likeness (QED) is 0.916. The van der Waals surface area contributed by atoms with Crippen LogP contribution in [0.1, 0.15) is 24.8 Å². The largest absolute Gasteiger partial charge is 0.392 e. The van der Waals surface area contributed by atoms with E-state index in [1.807, 2.05) is 4.90 Å². The zero-order valence-corrected chi connectivity index (χ0v) is 12.9. The summed E-state index contributed by atoms with van der Waals surface area (Å²) in [5, 5.41) is 9.41. The molecule has 0 aromatic heterocycles. The molecule has 1 heterocycles. The van der Waals surface area contributed by atoms with E-state index in [-0.39, 0.29) is 29.7 Å². The fourth-order valence-electron chi connectivity index (χ4n) is 3.31. The Morgan fingerprint density at radius 3 is 2.50 bits per heavy atom. The Morgan fingerprint density at radius 1 is 1.27 bits per heavy atom. The molecule has 1 aromatic carbocycles. The van der Waals surface area contributed by atoms with Crippen molar-refractivity contribution in [2.45, 2.75) is 25.4 Å². The molecule has 1 aliphatic heterocycles. The summed E-state index contributed by atoms with van der Waals surface area (Å²) in [4.78, 5) is 16.7. The molecule has 1 aromatic rings. The van der Waals surface area contributed by atoms with Crippen molar-refractivity contribution in [3.05, 3.63) is 35.6 Å². The number of benzene rings is 1. The summed E-state index contributed by atoms with van der Waals surface area (Å²) >= 11 is 0. The smallest absolute Gasteiger partial charge is 0.226 e. The first-order chi connectivity index (χ1) is 10.5. The number of hydrogen-bond donors (Lipinski definition) is 1. The van der Waals surface area contributed by atoms with Gasteiger partial charge >= 0.3 is 0 Å². The van der Waals surface area contributed by atoms with Crippen molar-refractivity contribution < 1.29 is 14.3 Å². The molecule has 0 bridgehead atoms. The molecule has 0 spiro atoms. The van der Waals surface area contributed by atoms with E-state index in [0.29, 0.717) is 6.54 Å². The van der Waals surface area contributed by atoms with E-state index in [0.717, 1.165) is 38.2 Å². The minimum Gasteiger partial charge on any atom is -0.392 e. The maximum atomic E-state index is 12.9. The second-order valence-electron chi connectivity index (χ2n) is 6.48. The van der Waals surface area contributed by atoms with E-state index in [2.05, 4.69) is 4.90 Å². The van der Waals surface area contributed by atoms with E-state index >= 15 is 0 Å². The van der Waals surface area contributed by atoms with E-state index in [1.165, 1.54) is 12.1 Å². The summed E-state index contributed by atoms with van der Waals surface area (Å²) < 4.78 is 12.9. The van der Waals surface area contributed by atoms with Crippen LogP contribution in [0.2, 0.25) is 0 Å². The van der Waals surface area contributed by atoms with Crippen LogP contribution < -0.4 is 0 Å². The molecular formula is C17H23FN2O2. The first-order valence-electron chi connectivity index (χ1n) is 7.99. The van der Waals surface area contributed by atoms with Gasteiger partial charge in [0.15, 0.2) is 0 Å². The normalized spacial score (nSPS) is 26.8. The standard InChI is InChI=1S/C17H23FN2O2/c1-12(21)11-19-6-8-20(9-7-19)17(22)16-10-15(16)13-2-4-14(18)5-3-13/h2-5,12,15-16,21H,6-11H2,1H3/t12-,15+,16+/m0/s1. The Kier molecular flexibility index (Phi) is 4.45. The topological polar surface area (TPSA) is 43.8 Å². The summed E-state index contributed by atoms with van der Waals surface area (Å²) in [6, 6.07) is 6.50. The molecule has 1 amide bonds. The fourth-order valence-corrected chi connectivity index (χ4v) is 3.31. The van der Waals surface area contributed by atoms with Crippen LogP contribution in [0.4, 0.5) is 4.39 Å². The molecule has 1 saturated heterocycles. The zero-order valence-electron chi connectivity index (χ0n) is 12.9. The molecule has 2 fully saturated rings. The van der Waals surface area contributed by atoms with Crippen LogP contribution in [0, 0.1) is 11.7 Å². The molecule has 4 nitrogen and oxygen atoms in total. The molecule has 3 atom stereocenters. The summed E-state index contributed by atoms with van der Waals surface area (Å²) in [7, 11) is 0. The molecule has 1 saturated carbocycles. The third-order valence-corrected chi connectivity index (χ3v) is 4.61. The van der Waals surface area contributed by atoms with Gasteiger partial charge in [0.25, 0.3) is 0 Å². The highest BCUT2D eigenvalue weighted by Gasteiger charge is 2.46. The zero-order chi connectivity index (χ0) is 15.7.